The predicted molar refractivity (Wildman–Crippen MR) is 61.4 cm³/mol. The third kappa shape index (κ3) is 4.63. The molecular formula is C8H13ClN4OS. The fraction of sp³-hybridized carbons (Fsp3) is 0.625. The summed E-state index contributed by atoms with van der Waals surface area (Å²) in [4.78, 5) is 12.1. The highest BCUT2D eigenvalue weighted by Crippen LogP contribution is 2.16. The zero-order valence-electron chi connectivity index (χ0n) is 8.40. The summed E-state index contributed by atoms with van der Waals surface area (Å²) < 4.78 is 0. The second-order valence-corrected chi connectivity index (χ2v) is 4.07. The fourth-order valence-corrected chi connectivity index (χ4v) is 1.83. The van der Waals surface area contributed by atoms with Crippen molar-refractivity contribution in [2.24, 2.45) is 0 Å². The zero-order valence-corrected chi connectivity index (χ0v) is 9.98. The van der Waals surface area contributed by atoms with E-state index in [4.69, 9.17) is 16.7 Å². The van der Waals surface area contributed by atoms with Gasteiger partial charge in [0.2, 0.25) is 11.2 Å². The van der Waals surface area contributed by atoms with Gasteiger partial charge in [-0.1, -0.05) is 11.8 Å². The van der Waals surface area contributed by atoms with Crippen molar-refractivity contribution >= 4 is 29.3 Å². The molecule has 0 amide bonds. The number of rotatable bonds is 6. The van der Waals surface area contributed by atoms with E-state index >= 15 is 0 Å². The molecule has 5 nitrogen and oxygen atoms in total. The van der Waals surface area contributed by atoms with Crippen LogP contribution < -0.4 is 5.32 Å². The minimum Gasteiger partial charge on any atom is -0.396 e. The lowest BCUT2D eigenvalue weighted by Gasteiger charge is -2.03. The SMILES string of the molecule is CCNc1nc(Cl)nc(SCCCO)n1. The average molecular weight is 249 g/mol. The molecule has 1 rings (SSSR count). The first kappa shape index (κ1) is 12.5. The largest absolute Gasteiger partial charge is 0.396 e. The average Bonchev–Trinajstić information content (AvgIpc) is 2.18. The highest BCUT2D eigenvalue weighted by molar-refractivity contribution is 7.99. The lowest BCUT2D eigenvalue weighted by atomic mass is 10.5. The molecule has 7 heteroatoms. The number of aliphatic hydroxyl groups is 1. The summed E-state index contributed by atoms with van der Waals surface area (Å²) in [6.07, 6.45) is 0.713. The van der Waals surface area contributed by atoms with Crippen LogP contribution in [0.1, 0.15) is 13.3 Å². The van der Waals surface area contributed by atoms with Gasteiger partial charge in [0.25, 0.3) is 0 Å². The van der Waals surface area contributed by atoms with E-state index in [9.17, 15) is 0 Å². The molecule has 15 heavy (non-hydrogen) atoms. The molecule has 0 saturated heterocycles. The Hall–Kier alpha value is -0.590. The van der Waals surface area contributed by atoms with Crippen molar-refractivity contribution in [3.8, 4) is 0 Å². The van der Waals surface area contributed by atoms with Gasteiger partial charge < -0.3 is 10.4 Å². The Kier molecular flexibility index (Phi) is 5.67. The van der Waals surface area contributed by atoms with E-state index in [-0.39, 0.29) is 11.9 Å². The van der Waals surface area contributed by atoms with E-state index in [1.54, 1.807) is 0 Å². The maximum Gasteiger partial charge on any atom is 0.228 e. The number of nitrogens with zero attached hydrogens (tertiary/aromatic N) is 3. The van der Waals surface area contributed by atoms with Gasteiger partial charge in [-0.15, -0.1) is 0 Å². The van der Waals surface area contributed by atoms with Gasteiger partial charge in [0.1, 0.15) is 0 Å². The number of nitrogens with one attached hydrogen (secondary N) is 1. The minimum atomic E-state index is 0.173. The van der Waals surface area contributed by atoms with Gasteiger partial charge in [0.05, 0.1) is 0 Å². The smallest absolute Gasteiger partial charge is 0.228 e. The summed E-state index contributed by atoms with van der Waals surface area (Å²) in [7, 11) is 0. The standard InChI is InChI=1S/C8H13ClN4OS/c1-2-10-7-11-6(9)12-8(13-7)15-5-3-4-14/h14H,2-5H2,1H3,(H,10,11,12,13). The monoisotopic (exact) mass is 248 g/mol. The quantitative estimate of drug-likeness (QED) is 0.586. The number of aliphatic hydroxyl groups excluding tert-OH is 1. The number of thioether (sulfide) groups is 1. The number of halogens is 1. The zero-order chi connectivity index (χ0) is 11.1. The second-order valence-electron chi connectivity index (χ2n) is 2.67. The molecule has 1 aromatic heterocycles. The van der Waals surface area contributed by atoms with Gasteiger partial charge in [0.15, 0.2) is 5.16 Å². The van der Waals surface area contributed by atoms with Crippen LogP contribution >= 0.6 is 23.4 Å². The molecule has 0 aromatic carbocycles. The number of hydrogen-bond acceptors (Lipinski definition) is 6. The topological polar surface area (TPSA) is 70.9 Å². The Bertz CT molecular complexity index is 313. The second kappa shape index (κ2) is 6.81. The van der Waals surface area contributed by atoms with Crippen molar-refractivity contribution in [3.63, 3.8) is 0 Å². The predicted octanol–water partition coefficient (Wildman–Crippen LogP) is 1.43. The lowest BCUT2D eigenvalue weighted by molar-refractivity contribution is 0.296. The molecule has 0 bridgehead atoms. The van der Waals surface area contributed by atoms with Crippen LogP contribution in [0.5, 0.6) is 0 Å². The molecule has 0 aliphatic heterocycles. The normalized spacial score (nSPS) is 10.3. The van der Waals surface area contributed by atoms with Crippen molar-refractivity contribution in [2.45, 2.75) is 18.5 Å². The molecule has 0 radical (unpaired) electrons. The van der Waals surface area contributed by atoms with Crippen LogP contribution in [-0.4, -0.2) is 39.0 Å². The van der Waals surface area contributed by atoms with Crippen LogP contribution in [0.15, 0.2) is 5.16 Å². The molecule has 84 valence electrons. The Morgan fingerprint density at radius 2 is 2.20 bits per heavy atom. The maximum atomic E-state index is 8.63. The van der Waals surface area contributed by atoms with E-state index < -0.39 is 0 Å². The Morgan fingerprint density at radius 3 is 2.87 bits per heavy atom. The first-order valence-electron chi connectivity index (χ1n) is 4.65. The molecule has 0 unspecified atom stereocenters. The molecular weight excluding hydrogens is 236 g/mol. The summed E-state index contributed by atoms with van der Waals surface area (Å²) in [5.41, 5.74) is 0. The van der Waals surface area contributed by atoms with Gasteiger partial charge >= 0.3 is 0 Å². The molecule has 0 aliphatic carbocycles. The highest BCUT2D eigenvalue weighted by atomic mass is 35.5. The van der Waals surface area contributed by atoms with Crippen molar-refractivity contribution in [3.05, 3.63) is 5.28 Å². The van der Waals surface area contributed by atoms with Crippen LogP contribution in [-0.2, 0) is 0 Å². The van der Waals surface area contributed by atoms with Crippen LogP contribution in [0.25, 0.3) is 0 Å². The van der Waals surface area contributed by atoms with E-state index in [2.05, 4.69) is 20.3 Å². The molecule has 1 aromatic rings. The molecule has 0 saturated carbocycles. The van der Waals surface area contributed by atoms with Crippen molar-refractivity contribution in [1.82, 2.24) is 15.0 Å². The van der Waals surface area contributed by atoms with Crippen LogP contribution in [0, 0.1) is 0 Å². The Labute approximate surface area is 97.7 Å². The van der Waals surface area contributed by atoms with Crippen molar-refractivity contribution in [2.75, 3.05) is 24.2 Å². The molecule has 1 heterocycles. The highest BCUT2D eigenvalue weighted by Gasteiger charge is 2.04. The molecule has 0 fully saturated rings. The maximum absolute atomic E-state index is 8.63. The fourth-order valence-electron chi connectivity index (χ4n) is 0.862. The molecule has 0 aliphatic rings. The first-order valence-corrected chi connectivity index (χ1v) is 6.01. The molecule has 2 N–H and O–H groups in total. The summed E-state index contributed by atoms with van der Waals surface area (Å²) in [5.74, 6) is 1.26. The summed E-state index contributed by atoms with van der Waals surface area (Å²) in [5, 5.41) is 12.4. The number of aromatic nitrogens is 3. The molecule has 0 atom stereocenters. The van der Waals surface area contributed by atoms with Crippen LogP contribution in [0.2, 0.25) is 5.28 Å². The van der Waals surface area contributed by atoms with Crippen LogP contribution in [0.3, 0.4) is 0 Å². The van der Waals surface area contributed by atoms with Gasteiger partial charge in [-0.2, -0.15) is 15.0 Å². The van der Waals surface area contributed by atoms with Crippen molar-refractivity contribution < 1.29 is 5.11 Å². The first-order chi connectivity index (χ1) is 7.26. The van der Waals surface area contributed by atoms with Crippen LogP contribution in [0.4, 0.5) is 5.95 Å². The summed E-state index contributed by atoms with van der Waals surface area (Å²) in [6.45, 7) is 2.86. The van der Waals surface area contributed by atoms with Gasteiger partial charge in [-0.3, -0.25) is 0 Å². The number of hydrogen-bond donors (Lipinski definition) is 2. The van der Waals surface area contributed by atoms with Crippen molar-refractivity contribution in [1.29, 1.82) is 0 Å². The molecule has 0 spiro atoms. The summed E-state index contributed by atoms with van der Waals surface area (Å²) in [6, 6.07) is 0. The van der Waals surface area contributed by atoms with E-state index in [0.29, 0.717) is 17.5 Å². The van der Waals surface area contributed by atoms with E-state index in [1.165, 1.54) is 11.8 Å². The third-order valence-electron chi connectivity index (χ3n) is 1.46. The summed E-state index contributed by atoms with van der Waals surface area (Å²) >= 11 is 7.19. The van der Waals surface area contributed by atoms with Gasteiger partial charge in [0, 0.05) is 18.9 Å². The minimum absolute atomic E-state index is 0.173. The van der Waals surface area contributed by atoms with E-state index in [0.717, 1.165) is 12.3 Å². The Morgan fingerprint density at radius 1 is 1.40 bits per heavy atom. The third-order valence-corrected chi connectivity index (χ3v) is 2.56. The Balaban J connectivity index is 2.62. The van der Waals surface area contributed by atoms with E-state index in [1.807, 2.05) is 6.92 Å². The lowest BCUT2D eigenvalue weighted by Crippen LogP contribution is -2.04. The van der Waals surface area contributed by atoms with Gasteiger partial charge in [-0.25, -0.2) is 0 Å². The number of anilines is 1. The van der Waals surface area contributed by atoms with Gasteiger partial charge in [-0.05, 0) is 24.9 Å².